The molecule has 0 saturated heterocycles. The maximum atomic E-state index is 12.5. The lowest BCUT2D eigenvalue weighted by Crippen LogP contribution is -2.16. The molecule has 0 bridgehead atoms. The number of carbonyl (C=O) groups is 1. The molecular formula is C20H21N3O3. The molecule has 6 heteroatoms. The van der Waals surface area contributed by atoms with Crippen LogP contribution >= 0.6 is 0 Å². The Morgan fingerprint density at radius 2 is 1.96 bits per heavy atom. The molecule has 2 aromatic heterocycles. The van der Waals surface area contributed by atoms with Gasteiger partial charge in [0.2, 0.25) is 0 Å². The quantitative estimate of drug-likeness (QED) is 0.724. The van der Waals surface area contributed by atoms with Crippen LogP contribution in [0.3, 0.4) is 0 Å². The highest BCUT2D eigenvalue weighted by Crippen LogP contribution is 2.19. The highest BCUT2D eigenvalue weighted by molar-refractivity contribution is 6.03. The Kier molecular flexibility index (Phi) is 5.31. The molecule has 0 aliphatic rings. The van der Waals surface area contributed by atoms with Crippen molar-refractivity contribution in [1.29, 1.82) is 0 Å². The molecule has 0 unspecified atom stereocenters. The molecule has 0 saturated carbocycles. The first-order chi connectivity index (χ1) is 12.6. The zero-order valence-corrected chi connectivity index (χ0v) is 15.1. The molecule has 6 nitrogen and oxygen atoms in total. The number of rotatable bonds is 6. The van der Waals surface area contributed by atoms with Gasteiger partial charge >= 0.3 is 0 Å². The molecule has 2 heterocycles. The van der Waals surface area contributed by atoms with Crippen molar-refractivity contribution in [2.24, 2.45) is 0 Å². The number of amides is 1. The van der Waals surface area contributed by atoms with E-state index in [-0.39, 0.29) is 18.2 Å². The fourth-order valence-electron chi connectivity index (χ4n) is 2.50. The molecule has 0 spiro atoms. The predicted octanol–water partition coefficient (Wildman–Crippen LogP) is 4.08. The van der Waals surface area contributed by atoms with E-state index in [4.69, 9.17) is 9.26 Å². The summed E-state index contributed by atoms with van der Waals surface area (Å²) in [6, 6.07) is 11.5. The minimum absolute atomic E-state index is 0.199. The zero-order valence-electron chi connectivity index (χ0n) is 15.1. The van der Waals surface area contributed by atoms with Crippen LogP contribution in [0.4, 0.5) is 5.82 Å². The van der Waals surface area contributed by atoms with Crippen LogP contribution in [0.1, 0.15) is 39.9 Å². The lowest BCUT2D eigenvalue weighted by Gasteiger charge is -2.08. The Morgan fingerprint density at radius 3 is 2.65 bits per heavy atom. The molecule has 1 amide bonds. The van der Waals surface area contributed by atoms with Crippen LogP contribution in [0, 0.1) is 13.8 Å². The highest BCUT2D eigenvalue weighted by Gasteiger charge is 2.21. The Balaban J connectivity index is 1.72. The van der Waals surface area contributed by atoms with E-state index in [1.165, 1.54) is 5.56 Å². The van der Waals surface area contributed by atoms with Gasteiger partial charge in [-0.05, 0) is 55.7 Å². The molecule has 0 radical (unpaired) electrons. The first kappa shape index (κ1) is 17.7. The third-order valence-electron chi connectivity index (χ3n) is 4.07. The summed E-state index contributed by atoms with van der Waals surface area (Å²) in [5.74, 6) is 1.38. The van der Waals surface area contributed by atoms with Gasteiger partial charge in [-0.2, -0.15) is 0 Å². The summed E-state index contributed by atoms with van der Waals surface area (Å²) in [4.78, 5) is 16.7. The van der Waals surface area contributed by atoms with Crippen LogP contribution in [0.15, 0.2) is 47.1 Å². The third kappa shape index (κ3) is 4.08. The highest BCUT2D eigenvalue weighted by atomic mass is 16.5. The maximum absolute atomic E-state index is 12.5. The van der Waals surface area contributed by atoms with Crippen molar-refractivity contribution in [3.63, 3.8) is 0 Å². The Bertz CT molecular complexity index is 901. The minimum atomic E-state index is -0.375. The van der Waals surface area contributed by atoms with E-state index in [9.17, 15) is 4.79 Å². The van der Waals surface area contributed by atoms with E-state index < -0.39 is 0 Å². The third-order valence-corrected chi connectivity index (χ3v) is 4.07. The standard InChI is InChI=1S/C20H21N3O3/c1-4-15-5-7-16(8-6-15)25-12-17-14(3)26-23-19(17)20(24)22-18-11-13(2)9-10-21-18/h5-11H,4,12H2,1-3H3,(H,21,22,24). The molecule has 0 aliphatic heterocycles. The van der Waals surface area contributed by atoms with E-state index in [0.717, 1.165) is 17.7 Å². The van der Waals surface area contributed by atoms with E-state index in [1.54, 1.807) is 19.2 Å². The fourth-order valence-corrected chi connectivity index (χ4v) is 2.50. The summed E-state index contributed by atoms with van der Waals surface area (Å²) in [6.45, 7) is 5.99. The average Bonchev–Trinajstić information content (AvgIpc) is 3.01. The lowest BCUT2D eigenvalue weighted by atomic mass is 10.1. The number of anilines is 1. The van der Waals surface area contributed by atoms with Crippen LogP contribution in [-0.2, 0) is 13.0 Å². The summed E-state index contributed by atoms with van der Waals surface area (Å²) in [5, 5.41) is 6.62. The summed E-state index contributed by atoms with van der Waals surface area (Å²) in [5.41, 5.74) is 3.07. The van der Waals surface area contributed by atoms with Crippen molar-refractivity contribution in [1.82, 2.24) is 10.1 Å². The second kappa shape index (κ2) is 7.82. The Morgan fingerprint density at radius 1 is 1.19 bits per heavy atom. The Hall–Kier alpha value is -3.15. The summed E-state index contributed by atoms with van der Waals surface area (Å²) in [6.07, 6.45) is 2.62. The van der Waals surface area contributed by atoms with Crippen molar-refractivity contribution >= 4 is 11.7 Å². The number of nitrogens with one attached hydrogen (secondary N) is 1. The number of ether oxygens (including phenoxy) is 1. The van der Waals surface area contributed by atoms with Crippen molar-refractivity contribution in [2.75, 3.05) is 5.32 Å². The van der Waals surface area contributed by atoms with Gasteiger partial charge in [0.25, 0.3) is 5.91 Å². The molecule has 0 fully saturated rings. The second-order valence-corrected chi connectivity index (χ2v) is 6.02. The van der Waals surface area contributed by atoms with Crippen LogP contribution < -0.4 is 10.1 Å². The lowest BCUT2D eigenvalue weighted by molar-refractivity contribution is 0.101. The normalized spacial score (nSPS) is 10.6. The predicted molar refractivity (Wildman–Crippen MR) is 98.3 cm³/mol. The van der Waals surface area contributed by atoms with E-state index in [1.807, 2.05) is 37.3 Å². The number of carbonyl (C=O) groups excluding carboxylic acids is 1. The van der Waals surface area contributed by atoms with E-state index >= 15 is 0 Å². The van der Waals surface area contributed by atoms with Crippen molar-refractivity contribution in [2.45, 2.75) is 33.8 Å². The number of hydrogen-bond acceptors (Lipinski definition) is 5. The molecule has 134 valence electrons. The van der Waals surface area contributed by atoms with Gasteiger partial charge in [-0.15, -0.1) is 0 Å². The minimum Gasteiger partial charge on any atom is -0.489 e. The number of nitrogens with zero attached hydrogens (tertiary/aromatic N) is 2. The van der Waals surface area contributed by atoms with Crippen LogP contribution in [0.5, 0.6) is 5.75 Å². The summed E-state index contributed by atoms with van der Waals surface area (Å²) >= 11 is 0. The number of pyridine rings is 1. The van der Waals surface area contributed by atoms with E-state index in [2.05, 4.69) is 22.4 Å². The monoisotopic (exact) mass is 351 g/mol. The number of hydrogen-bond donors (Lipinski definition) is 1. The van der Waals surface area contributed by atoms with Gasteiger partial charge < -0.3 is 14.6 Å². The van der Waals surface area contributed by atoms with Crippen LogP contribution in [0.2, 0.25) is 0 Å². The Labute approximate surface area is 152 Å². The molecule has 26 heavy (non-hydrogen) atoms. The molecule has 1 N–H and O–H groups in total. The maximum Gasteiger partial charge on any atom is 0.279 e. The van der Waals surface area contributed by atoms with Gasteiger partial charge in [0, 0.05) is 6.20 Å². The zero-order chi connectivity index (χ0) is 18.5. The summed E-state index contributed by atoms with van der Waals surface area (Å²) < 4.78 is 11.0. The number of aryl methyl sites for hydroxylation is 3. The topological polar surface area (TPSA) is 77.2 Å². The van der Waals surface area contributed by atoms with Gasteiger partial charge in [0.1, 0.15) is 23.9 Å². The first-order valence-electron chi connectivity index (χ1n) is 8.47. The first-order valence-corrected chi connectivity index (χ1v) is 8.47. The largest absolute Gasteiger partial charge is 0.489 e. The van der Waals surface area contributed by atoms with Crippen molar-refractivity contribution in [3.05, 3.63) is 70.7 Å². The molecule has 3 aromatic rings. The molecule has 0 atom stereocenters. The summed E-state index contributed by atoms with van der Waals surface area (Å²) in [7, 11) is 0. The second-order valence-electron chi connectivity index (χ2n) is 6.02. The SMILES string of the molecule is CCc1ccc(OCc2c(C(=O)Nc3cc(C)ccn3)noc2C)cc1. The van der Waals surface area contributed by atoms with E-state index in [0.29, 0.717) is 17.1 Å². The molecule has 1 aromatic carbocycles. The van der Waals surface area contributed by atoms with Gasteiger partial charge in [0.15, 0.2) is 5.69 Å². The average molecular weight is 351 g/mol. The van der Waals surface area contributed by atoms with Crippen molar-refractivity contribution < 1.29 is 14.1 Å². The van der Waals surface area contributed by atoms with Crippen LogP contribution in [-0.4, -0.2) is 16.0 Å². The smallest absolute Gasteiger partial charge is 0.279 e. The van der Waals surface area contributed by atoms with Crippen LogP contribution in [0.25, 0.3) is 0 Å². The van der Waals surface area contributed by atoms with Crippen molar-refractivity contribution in [3.8, 4) is 5.75 Å². The van der Waals surface area contributed by atoms with Gasteiger partial charge in [-0.1, -0.05) is 24.2 Å². The fraction of sp³-hybridized carbons (Fsp3) is 0.250. The molecule has 3 rings (SSSR count). The number of benzene rings is 1. The van der Waals surface area contributed by atoms with Gasteiger partial charge in [-0.25, -0.2) is 4.98 Å². The molecular weight excluding hydrogens is 330 g/mol. The molecule has 0 aliphatic carbocycles. The number of aromatic nitrogens is 2. The van der Waals surface area contributed by atoms with Gasteiger partial charge in [0.05, 0.1) is 5.56 Å². The van der Waals surface area contributed by atoms with Gasteiger partial charge in [-0.3, -0.25) is 4.79 Å².